The van der Waals surface area contributed by atoms with Crippen LogP contribution in [0.5, 0.6) is 0 Å². The van der Waals surface area contributed by atoms with E-state index in [1.807, 2.05) is 24.4 Å². The number of benzene rings is 2. The van der Waals surface area contributed by atoms with Crippen LogP contribution in [0.25, 0.3) is 10.9 Å². The third-order valence-electron chi connectivity index (χ3n) is 4.31. The van der Waals surface area contributed by atoms with E-state index < -0.39 is 0 Å². The van der Waals surface area contributed by atoms with Gasteiger partial charge in [-0.3, -0.25) is 9.59 Å². The number of aromatic nitrogens is 1. The summed E-state index contributed by atoms with van der Waals surface area (Å²) < 4.78 is 5.23. The van der Waals surface area contributed by atoms with Gasteiger partial charge in [-0.2, -0.15) is 0 Å². The van der Waals surface area contributed by atoms with E-state index in [9.17, 15) is 9.59 Å². The zero-order valence-electron chi connectivity index (χ0n) is 14.6. The van der Waals surface area contributed by atoms with Crippen LogP contribution in [0.4, 0.5) is 0 Å². The van der Waals surface area contributed by atoms with Crippen molar-refractivity contribution in [3.63, 3.8) is 0 Å². The number of aromatic amines is 1. The van der Waals surface area contributed by atoms with Gasteiger partial charge in [0.1, 0.15) is 0 Å². The predicted octanol–water partition coefficient (Wildman–Crippen LogP) is 5.61. The van der Waals surface area contributed by atoms with Crippen LogP contribution in [0.15, 0.2) is 48.7 Å². The molecule has 0 bridgehead atoms. The number of aryl methyl sites for hydroxylation is 1. The SMILES string of the molecule is O=C(CCC(=O)c1ccc(Cl)cc1)OCCCc1c[nH]c2ccc(Cl)cc12. The first-order chi connectivity index (χ1) is 13.0. The van der Waals surface area contributed by atoms with Crippen molar-refractivity contribution < 1.29 is 14.3 Å². The number of rotatable bonds is 8. The van der Waals surface area contributed by atoms with Crippen molar-refractivity contribution in [1.82, 2.24) is 4.98 Å². The van der Waals surface area contributed by atoms with Gasteiger partial charge in [0.25, 0.3) is 0 Å². The van der Waals surface area contributed by atoms with Crippen LogP contribution in [0.3, 0.4) is 0 Å². The molecule has 0 atom stereocenters. The largest absolute Gasteiger partial charge is 0.466 e. The van der Waals surface area contributed by atoms with Crippen LogP contribution in [0.2, 0.25) is 10.0 Å². The molecular weight excluding hydrogens is 385 g/mol. The normalized spacial score (nSPS) is 10.9. The van der Waals surface area contributed by atoms with E-state index in [1.165, 1.54) is 0 Å². The molecule has 0 fully saturated rings. The summed E-state index contributed by atoms with van der Waals surface area (Å²) in [5.41, 5.74) is 2.72. The molecule has 0 radical (unpaired) electrons. The summed E-state index contributed by atoms with van der Waals surface area (Å²) in [5, 5.41) is 2.35. The lowest BCUT2D eigenvalue weighted by atomic mass is 10.1. The third kappa shape index (κ3) is 5.34. The standard InChI is InChI=1S/C21H19Cl2NO3/c22-16-5-3-14(4-6-16)20(25)9-10-21(26)27-11-1-2-15-13-24-19-8-7-17(23)12-18(15)19/h3-8,12-13,24H,1-2,9-11H2. The van der Waals surface area contributed by atoms with Gasteiger partial charge in [0.05, 0.1) is 13.0 Å². The van der Waals surface area contributed by atoms with E-state index in [-0.39, 0.29) is 24.6 Å². The first-order valence-electron chi connectivity index (χ1n) is 8.73. The van der Waals surface area contributed by atoms with Crippen molar-refractivity contribution in [1.29, 1.82) is 0 Å². The topological polar surface area (TPSA) is 59.2 Å². The second kappa shape index (κ2) is 9.07. The Labute approximate surface area is 167 Å². The minimum Gasteiger partial charge on any atom is -0.466 e. The zero-order valence-corrected chi connectivity index (χ0v) is 16.1. The Kier molecular flexibility index (Phi) is 6.54. The highest BCUT2D eigenvalue weighted by atomic mass is 35.5. The minimum atomic E-state index is -0.362. The predicted molar refractivity (Wildman–Crippen MR) is 108 cm³/mol. The van der Waals surface area contributed by atoms with Crippen molar-refractivity contribution in [2.24, 2.45) is 0 Å². The Morgan fingerprint density at radius 2 is 1.70 bits per heavy atom. The molecular formula is C21H19Cl2NO3. The van der Waals surface area contributed by atoms with Gasteiger partial charge in [-0.15, -0.1) is 0 Å². The Morgan fingerprint density at radius 1 is 0.963 bits per heavy atom. The number of carbonyl (C=O) groups excluding carboxylic acids is 2. The summed E-state index contributed by atoms with van der Waals surface area (Å²) in [6.45, 7) is 0.321. The lowest BCUT2D eigenvalue weighted by molar-refractivity contribution is -0.143. The smallest absolute Gasteiger partial charge is 0.306 e. The van der Waals surface area contributed by atoms with Gasteiger partial charge in [-0.25, -0.2) is 0 Å². The average Bonchev–Trinajstić information content (AvgIpc) is 3.06. The van der Waals surface area contributed by atoms with E-state index in [2.05, 4.69) is 4.98 Å². The number of hydrogen-bond donors (Lipinski definition) is 1. The van der Waals surface area contributed by atoms with E-state index in [0.29, 0.717) is 28.6 Å². The van der Waals surface area contributed by atoms with Crippen molar-refractivity contribution >= 4 is 45.9 Å². The molecule has 27 heavy (non-hydrogen) atoms. The number of halogens is 2. The van der Waals surface area contributed by atoms with E-state index >= 15 is 0 Å². The van der Waals surface area contributed by atoms with Crippen molar-refractivity contribution in [3.05, 3.63) is 69.8 Å². The number of nitrogens with one attached hydrogen (secondary N) is 1. The number of ether oxygens (including phenoxy) is 1. The Bertz CT molecular complexity index is 948. The summed E-state index contributed by atoms with van der Waals surface area (Å²) in [6, 6.07) is 12.3. The van der Waals surface area contributed by atoms with Gasteiger partial charge >= 0.3 is 5.97 Å². The van der Waals surface area contributed by atoms with Crippen LogP contribution in [0, 0.1) is 0 Å². The van der Waals surface area contributed by atoms with Crippen LogP contribution >= 0.6 is 23.2 Å². The van der Waals surface area contributed by atoms with Gasteiger partial charge in [0.15, 0.2) is 5.78 Å². The number of fused-ring (bicyclic) bond motifs is 1. The monoisotopic (exact) mass is 403 g/mol. The molecule has 0 aliphatic heterocycles. The van der Waals surface area contributed by atoms with Crippen molar-refractivity contribution in [2.75, 3.05) is 6.61 Å². The maximum atomic E-state index is 12.0. The maximum absolute atomic E-state index is 12.0. The Morgan fingerprint density at radius 3 is 2.48 bits per heavy atom. The fourth-order valence-corrected chi connectivity index (χ4v) is 3.17. The first-order valence-corrected chi connectivity index (χ1v) is 9.48. The summed E-state index contributed by atoms with van der Waals surface area (Å²) in [4.78, 5) is 27.1. The number of carbonyl (C=O) groups is 2. The van der Waals surface area contributed by atoms with Gasteiger partial charge < -0.3 is 9.72 Å². The number of H-pyrrole nitrogens is 1. The van der Waals surface area contributed by atoms with Gasteiger partial charge in [-0.1, -0.05) is 23.2 Å². The molecule has 2 aromatic carbocycles. The number of esters is 1. The first kappa shape index (κ1) is 19.5. The van der Waals surface area contributed by atoms with Gasteiger partial charge in [0, 0.05) is 39.1 Å². The number of Topliss-reactive ketones (excluding diaryl/α,β-unsaturated/α-hetero) is 1. The lowest BCUT2D eigenvalue weighted by Gasteiger charge is -2.05. The summed E-state index contributed by atoms with van der Waals surface area (Å²) >= 11 is 11.8. The molecule has 0 spiro atoms. The summed E-state index contributed by atoms with van der Waals surface area (Å²) in [7, 11) is 0. The molecule has 0 saturated carbocycles. The fraction of sp³-hybridized carbons (Fsp3) is 0.238. The zero-order chi connectivity index (χ0) is 19.2. The second-order valence-corrected chi connectivity index (χ2v) is 7.13. The second-order valence-electron chi connectivity index (χ2n) is 6.26. The molecule has 1 N–H and O–H groups in total. The van der Waals surface area contributed by atoms with Crippen LogP contribution in [-0.2, 0) is 16.0 Å². The third-order valence-corrected chi connectivity index (χ3v) is 4.79. The van der Waals surface area contributed by atoms with E-state index in [1.54, 1.807) is 24.3 Å². The summed E-state index contributed by atoms with van der Waals surface area (Å²) in [6.07, 6.45) is 3.63. The fourth-order valence-electron chi connectivity index (χ4n) is 2.87. The maximum Gasteiger partial charge on any atom is 0.306 e. The highest BCUT2D eigenvalue weighted by molar-refractivity contribution is 6.31. The highest BCUT2D eigenvalue weighted by Gasteiger charge is 2.11. The van der Waals surface area contributed by atoms with Crippen LogP contribution in [-0.4, -0.2) is 23.3 Å². The molecule has 140 valence electrons. The Hall–Kier alpha value is -2.30. The molecule has 3 aromatic rings. The number of hydrogen-bond acceptors (Lipinski definition) is 3. The van der Waals surface area contributed by atoms with Gasteiger partial charge in [-0.05, 0) is 60.9 Å². The molecule has 1 aromatic heterocycles. The lowest BCUT2D eigenvalue weighted by Crippen LogP contribution is -2.09. The number of ketones is 1. The molecule has 4 nitrogen and oxygen atoms in total. The van der Waals surface area contributed by atoms with Gasteiger partial charge in [0.2, 0.25) is 0 Å². The molecule has 0 saturated heterocycles. The quantitative estimate of drug-likeness (QED) is 0.301. The molecule has 6 heteroatoms. The van der Waals surface area contributed by atoms with Crippen LogP contribution in [0.1, 0.15) is 35.2 Å². The van der Waals surface area contributed by atoms with Crippen LogP contribution < -0.4 is 0 Å². The average molecular weight is 404 g/mol. The Balaban J connectivity index is 1.40. The van der Waals surface area contributed by atoms with Crippen molar-refractivity contribution in [2.45, 2.75) is 25.7 Å². The highest BCUT2D eigenvalue weighted by Crippen LogP contribution is 2.23. The molecule has 0 aliphatic carbocycles. The molecule has 0 aliphatic rings. The molecule has 1 heterocycles. The van der Waals surface area contributed by atoms with E-state index in [4.69, 9.17) is 27.9 Å². The molecule has 0 unspecified atom stereocenters. The van der Waals surface area contributed by atoms with E-state index in [0.717, 1.165) is 22.9 Å². The summed E-state index contributed by atoms with van der Waals surface area (Å²) in [5.74, 6) is -0.460. The molecule has 0 amide bonds. The van der Waals surface area contributed by atoms with Crippen molar-refractivity contribution in [3.8, 4) is 0 Å². The molecule has 3 rings (SSSR count). The minimum absolute atomic E-state index is 0.0736.